The second-order valence-corrected chi connectivity index (χ2v) is 6.48. The molecule has 0 aliphatic rings. The summed E-state index contributed by atoms with van der Waals surface area (Å²) in [4.78, 5) is 10.7. The van der Waals surface area contributed by atoms with Crippen LogP contribution in [0.25, 0.3) is 0 Å². The van der Waals surface area contributed by atoms with Crippen LogP contribution in [-0.2, 0) is 20.0 Å². The molecule has 0 aromatic carbocycles. The van der Waals surface area contributed by atoms with Gasteiger partial charge in [-0.3, -0.25) is 4.99 Å². The van der Waals surface area contributed by atoms with Gasteiger partial charge in [-0.25, -0.2) is 0 Å². The standard InChI is InChI=1S/C16H25ClN6O/c1-11(2)15-20-14(24-21-15)6-7-19-16(18-3)23(5)10-13-8-12(17)9-22(13)4/h8-9,11H,6-7,10H2,1-5H3,(H,18,19). The van der Waals surface area contributed by atoms with Gasteiger partial charge in [-0.2, -0.15) is 4.98 Å². The van der Waals surface area contributed by atoms with E-state index in [0.717, 1.165) is 22.5 Å². The van der Waals surface area contributed by atoms with Crippen molar-refractivity contribution in [3.8, 4) is 0 Å². The zero-order chi connectivity index (χ0) is 17.7. The average Bonchev–Trinajstić information content (AvgIpc) is 3.10. The summed E-state index contributed by atoms with van der Waals surface area (Å²) in [6.45, 7) is 5.46. The van der Waals surface area contributed by atoms with E-state index in [0.29, 0.717) is 25.4 Å². The second kappa shape index (κ2) is 8.19. The van der Waals surface area contributed by atoms with E-state index in [4.69, 9.17) is 16.1 Å². The van der Waals surface area contributed by atoms with Crippen molar-refractivity contribution in [1.29, 1.82) is 0 Å². The Morgan fingerprint density at radius 1 is 1.50 bits per heavy atom. The van der Waals surface area contributed by atoms with E-state index in [1.165, 1.54) is 0 Å². The number of aliphatic imine (C=N–C) groups is 1. The first-order valence-corrected chi connectivity index (χ1v) is 8.33. The van der Waals surface area contributed by atoms with Crippen molar-refractivity contribution in [3.63, 3.8) is 0 Å². The van der Waals surface area contributed by atoms with Gasteiger partial charge in [0.15, 0.2) is 11.8 Å². The van der Waals surface area contributed by atoms with Crippen molar-refractivity contribution >= 4 is 17.6 Å². The van der Waals surface area contributed by atoms with Crippen molar-refractivity contribution in [2.75, 3.05) is 20.6 Å². The van der Waals surface area contributed by atoms with Crippen molar-refractivity contribution in [2.24, 2.45) is 12.0 Å². The number of guanidine groups is 1. The summed E-state index contributed by atoms with van der Waals surface area (Å²) >= 11 is 6.03. The van der Waals surface area contributed by atoms with E-state index >= 15 is 0 Å². The van der Waals surface area contributed by atoms with Crippen molar-refractivity contribution in [1.82, 2.24) is 24.9 Å². The van der Waals surface area contributed by atoms with Crippen LogP contribution >= 0.6 is 11.6 Å². The van der Waals surface area contributed by atoms with Crippen LogP contribution in [0.4, 0.5) is 0 Å². The zero-order valence-electron chi connectivity index (χ0n) is 14.9. The van der Waals surface area contributed by atoms with E-state index in [1.54, 1.807) is 7.05 Å². The van der Waals surface area contributed by atoms with Crippen LogP contribution in [0, 0.1) is 0 Å². The molecule has 0 amide bonds. The fourth-order valence-electron chi connectivity index (χ4n) is 2.31. The lowest BCUT2D eigenvalue weighted by molar-refractivity contribution is 0.370. The molecule has 0 bridgehead atoms. The molecule has 0 atom stereocenters. The summed E-state index contributed by atoms with van der Waals surface area (Å²) in [6.07, 6.45) is 2.55. The van der Waals surface area contributed by atoms with E-state index in [-0.39, 0.29) is 5.92 Å². The molecule has 0 aliphatic heterocycles. The van der Waals surface area contributed by atoms with E-state index in [2.05, 4.69) is 20.4 Å². The molecular formula is C16H25ClN6O. The average molecular weight is 353 g/mol. The number of aromatic nitrogens is 3. The highest BCUT2D eigenvalue weighted by Gasteiger charge is 2.12. The molecule has 1 N–H and O–H groups in total. The first-order valence-electron chi connectivity index (χ1n) is 7.95. The number of hydrogen-bond acceptors (Lipinski definition) is 4. The van der Waals surface area contributed by atoms with Gasteiger partial charge in [0, 0.05) is 51.9 Å². The Bertz CT molecular complexity index is 691. The Hall–Kier alpha value is -2.02. The SMILES string of the molecule is CN=C(NCCc1nc(C(C)C)no1)N(C)Cc1cc(Cl)cn1C. The molecule has 0 saturated carbocycles. The Kier molecular flexibility index (Phi) is 6.25. The number of rotatable bonds is 6. The van der Waals surface area contributed by atoms with Crippen LogP contribution < -0.4 is 5.32 Å². The second-order valence-electron chi connectivity index (χ2n) is 6.04. The molecular weight excluding hydrogens is 328 g/mol. The third kappa shape index (κ3) is 4.74. The zero-order valence-corrected chi connectivity index (χ0v) is 15.6. The molecule has 0 fully saturated rings. The van der Waals surface area contributed by atoms with Gasteiger partial charge in [0.05, 0.1) is 11.6 Å². The molecule has 132 valence electrons. The highest BCUT2D eigenvalue weighted by Crippen LogP contribution is 2.14. The fourth-order valence-corrected chi connectivity index (χ4v) is 2.58. The number of aryl methyl sites for hydroxylation is 1. The van der Waals surface area contributed by atoms with Gasteiger partial charge >= 0.3 is 0 Å². The highest BCUT2D eigenvalue weighted by atomic mass is 35.5. The molecule has 0 unspecified atom stereocenters. The van der Waals surface area contributed by atoms with E-state index < -0.39 is 0 Å². The molecule has 8 heteroatoms. The third-order valence-electron chi connectivity index (χ3n) is 3.67. The lowest BCUT2D eigenvalue weighted by Crippen LogP contribution is -2.39. The van der Waals surface area contributed by atoms with Crippen LogP contribution in [-0.4, -0.2) is 46.2 Å². The van der Waals surface area contributed by atoms with Crippen LogP contribution in [0.2, 0.25) is 5.02 Å². The summed E-state index contributed by atoms with van der Waals surface area (Å²) in [7, 11) is 5.73. The Morgan fingerprint density at radius 2 is 2.25 bits per heavy atom. The summed E-state index contributed by atoms with van der Waals surface area (Å²) in [5.41, 5.74) is 1.11. The molecule has 24 heavy (non-hydrogen) atoms. The maximum absolute atomic E-state index is 6.03. The fraction of sp³-hybridized carbons (Fsp3) is 0.562. The predicted molar refractivity (Wildman–Crippen MR) is 95.3 cm³/mol. The number of nitrogens with one attached hydrogen (secondary N) is 1. The summed E-state index contributed by atoms with van der Waals surface area (Å²) < 4.78 is 7.26. The summed E-state index contributed by atoms with van der Waals surface area (Å²) in [5, 5.41) is 8.01. The largest absolute Gasteiger partial charge is 0.356 e. The van der Waals surface area contributed by atoms with Crippen LogP contribution in [0.15, 0.2) is 21.8 Å². The topological polar surface area (TPSA) is 71.5 Å². The molecule has 2 aromatic heterocycles. The Balaban J connectivity index is 1.86. The first kappa shape index (κ1) is 18.3. The van der Waals surface area contributed by atoms with Crippen LogP contribution in [0.5, 0.6) is 0 Å². The Labute approximate surface area is 147 Å². The molecule has 7 nitrogen and oxygen atoms in total. The van der Waals surface area contributed by atoms with Crippen LogP contribution in [0.3, 0.4) is 0 Å². The van der Waals surface area contributed by atoms with Gasteiger partial charge in [-0.15, -0.1) is 0 Å². The van der Waals surface area contributed by atoms with E-state index in [1.807, 2.05) is 49.7 Å². The monoisotopic (exact) mass is 352 g/mol. The quantitative estimate of drug-likeness (QED) is 0.638. The normalized spacial score (nSPS) is 12.0. The molecule has 0 radical (unpaired) electrons. The number of hydrogen-bond donors (Lipinski definition) is 1. The van der Waals surface area contributed by atoms with E-state index in [9.17, 15) is 0 Å². The highest BCUT2D eigenvalue weighted by molar-refractivity contribution is 6.30. The maximum Gasteiger partial charge on any atom is 0.228 e. The molecule has 2 aromatic rings. The lowest BCUT2D eigenvalue weighted by Gasteiger charge is -2.22. The van der Waals surface area contributed by atoms with Gasteiger partial charge in [0.1, 0.15) is 0 Å². The van der Waals surface area contributed by atoms with Gasteiger partial charge in [-0.1, -0.05) is 30.6 Å². The smallest absolute Gasteiger partial charge is 0.228 e. The number of nitrogens with zero attached hydrogens (tertiary/aromatic N) is 5. The minimum absolute atomic E-state index is 0.270. The minimum atomic E-state index is 0.270. The Morgan fingerprint density at radius 3 is 2.79 bits per heavy atom. The molecule has 0 saturated heterocycles. The van der Waals surface area contributed by atoms with Gasteiger partial charge in [0.2, 0.25) is 5.89 Å². The van der Waals surface area contributed by atoms with Gasteiger partial charge in [-0.05, 0) is 6.07 Å². The molecule has 2 rings (SSSR count). The predicted octanol–water partition coefficient (Wildman–Crippen LogP) is 2.43. The third-order valence-corrected chi connectivity index (χ3v) is 3.88. The lowest BCUT2D eigenvalue weighted by atomic mass is 10.2. The minimum Gasteiger partial charge on any atom is -0.356 e. The summed E-state index contributed by atoms with van der Waals surface area (Å²) in [5.74, 6) is 2.45. The first-order chi connectivity index (χ1) is 11.4. The maximum atomic E-state index is 6.03. The summed E-state index contributed by atoms with van der Waals surface area (Å²) in [6, 6.07) is 1.96. The van der Waals surface area contributed by atoms with Crippen molar-refractivity contribution in [2.45, 2.75) is 32.7 Å². The van der Waals surface area contributed by atoms with Gasteiger partial charge < -0.3 is 19.3 Å². The number of halogens is 1. The van der Waals surface area contributed by atoms with Gasteiger partial charge in [0.25, 0.3) is 0 Å². The van der Waals surface area contributed by atoms with Crippen molar-refractivity contribution in [3.05, 3.63) is 34.7 Å². The van der Waals surface area contributed by atoms with Crippen LogP contribution in [0.1, 0.15) is 37.2 Å². The molecule has 0 spiro atoms. The molecule has 2 heterocycles. The molecule has 0 aliphatic carbocycles. The van der Waals surface area contributed by atoms with Crippen molar-refractivity contribution < 1.29 is 4.52 Å².